The zero-order valence-corrected chi connectivity index (χ0v) is 11.7. The van der Waals surface area contributed by atoms with E-state index in [9.17, 15) is 4.79 Å². The number of aryl methyl sites for hydroxylation is 1. The van der Waals surface area contributed by atoms with Crippen LogP contribution >= 0.6 is 12.4 Å². The Kier molecular flexibility index (Phi) is 5.63. The summed E-state index contributed by atoms with van der Waals surface area (Å²) in [5, 5.41) is 6.50. The molecular formula is C14H21ClN2O. The van der Waals surface area contributed by atoms with Gasteiger partial charge in [-0.05, 0) is 45.4 Å². The first kappa shape index (κ1) is 15.0. The molecule has 3 nitrogen and oxygen atoms in total. The largest absolute Gasteiger partial charge is 0.349 e. The highest BCUT2D eigenvalue weighted by atomic mass is 35.5. The first-order valence-corrected chi connectivity index (χ1v) is 6.26. The maximum Gasteiger partial charge on any atom is 0.251 e. The lowest BCUT2D eigenvalue weighted by atomic mass is 10.00. The van der Waals surface area contributed by atoms with Crippen LogP contribution in [0.5, 0.6) is 0 Å². The second-order valence-electron chi connectivity index (χ2n) is 4.92. The molecule has 2 atom stereocenters. The fourth-order valence-corrected chi connectivity index (χ4v) is 2.32. The molecule has 0 radical (unpaired) electrons. The number of hydrogen-bond donors (Lipinski definition) is 2. The van der Waals surface area contributed by atoms with Gasteiger partial charge in [-0.15, -0.1) is 12.4 Å². The first-order valence-electron chi connectivity index (χ1n) is 6.26. The van der Waals surface area contributed by atoms with E-state index in [0.29, 0.717) is 12.1 Å². The molecule has 1 aromatic rings. The highest BCUT2D eigenvalue weighted by Crippen LogP contribution is 2.10. The summed E-state index contributed by atoms with van der Waals surface area (Å²) in [7, 11) is 0. The van der Waals surface area contributed by atoms with Gasteiger partial charge in [0.1, 0.15) is 0 Å². The maximum absolute atomic E-state index is 12.0. The molecule has 1 heterocycles. The lowest BCUT2D eigenvalue weighted by Crippen LogP contribution is -2.46. The van der Waals surface area contributed by atoms with E-state index >= 15 is 0 Å². The minimum absolute atomic E-state index is 0. The van der Waals surface area contributed by atoms with Crippen molar-refractivity contribution in [1.82, 2.24) is 10.6 Å². The Hall–Kier alpha value is -1.06. The number of rotatable bonds is 2. The Labute approximate surface area is 115 Å². The molecule has 0 aromatic heterocycles. The monoisotopic (exact) mass is 268 g/mol. The number of nitrogens with one attached hydrogen (secondary N) is 2. The molecule has 1 saturated heterocycles. The third kappa shape index (κ3) is 4.00. The normalized spacial score (nSPS) is 23.0. The first-order chi connectivity index (χ1) is 8.15. The fraction of sp³-hybridized carbons (Fsp3) is 0.500. The number of benzene rings is 1. The van der Waals surface area contributed by atoms with Gasteiger partial charge in [0, 0.05) is 17.6 Å². The fourth-order valence-electron chi connectivity index (χ4n) is 2.32. The Morgan fingerprint density at radius 3 is 2.89 bits per heavy atom. The Morgan fingerprint density at radius 1 is 1.44 bits per heavy atom. The Morgan fingerprint density at radius 2 is 2.22 bits per heavy atom. The van der Waals surface area contributed by atoms with E-state index < -0.39 is 0 Å². The van der Waals surface area contributed by atoms with Crippen LogP contribution < -0.4 is 10.6 Å². The summed E-state index contributed by atoms with van der Waals surface area (Å²) in [6.45, 7) is 5.15. The van der Waals surface area contributed by atoms with Crippen LogP contribution in [0, 0.1) is 6.92 Å². The van der Waals surface area contributed by atoms with Gasteiger partial charge < -0.3 is 10.6 Å². The summed E-state index contributed by atoms with van der Waals surface area (Å²) in [4.78, 5) is 12.0. The van der Waals surface area contributed by atoms with Crippen molar-refractivity contribution < 1.29 is 4.79 Å². The molecule has 1 aromatic carbocycles. The number of amides is 1. The van der Waals surface area contributed by atoms with Crippen LogP contribution in [0.25, 0.3) is 0 Å². The molecule has 0 bridgehead atoms. The van der Waals surface area contributed by atoms with Crippen molar-refractivity contribution in [1.29, 1.82) is 0 Å². The highest BCUT2D eigenvalue weighted by Gasteiger charge is 2.20. The Balaban J connectivity index is 0.00000162. The molecule has 1 fully saturated rings. The van der Waals surface area contributed by atoms with Gasteiger partial charge in [-0.3, -0.25) is 4.79 Å². The van der Waals surface area contributed by atoms with Gasteiger partial charge >= 0.3 is 0 Å². The van der Waals surface area contributed by atoms with Crippen LogP contribution in [-0.4, -0.2) is 24.5 Å². The van der Waals surface area contributed by atoms with Gasteiger partial charge in [0.15, 0.2) is 0 Å². The van der Waals surface area contributed by atoms with Crippen LogP contribution in [0.15, 0.2) is 24.3 Å². The molecule has 2 rings (SSSR count). The lowest BCUT2D eigenvalue weighted by Gasteiger charge is -2.28. The zero-order chi connectivity index (χ0) is 12.3. The summed E-state index contributed by atoms with van der Waals surface area (Å²) in [6.07, 6.45) is 2.03. The van der Waals surface area contributed by atoms with Gasteiger partial charge in [0.05, 0.1) is 0 Å². The molecule has 1 aliphatic rings. The van der Waals surface area contributed by atoms with Crippen LogP contribution in [0.2, 0.25) is 0 Å². The van der Waals surface area contributed by atoms with E-state index in [1.807, 2.05) is 31.2 Å². The summed E-state index contributed by atoms with van der Waals surface area (Å²) >= 11 is 0. The lowest BCUT2D eigenvalue weighted by molar-refractivity contribution is 0.0925. The van der Waals surface area contributed by atoms with E-state index in [2.05, 4.69) is 17.6 Å². The zero-order valence-electron chi connectivity index (χ0n) is 10.9. The second-order valence-corrected chi connectivity index (χ2v) is 4.92. The quantitative estimate of drug-likeness (QED) is 0.864. The molecule has 0 spiro atoms. The molecule has 18 heavy (non-hydrogen) atoms. The van der Waals surface area contributed by atoms with Crippen molar-refractivity contribution in [3.8, 4) is 0 Å². The van der Waals surface area contributed by atoms with Crippen LogP contribution in [0.1, 0.15) is 35.7 Å². The predicted octanol–water partition coefficient (Wildman–Crippen LogP) is 2.29. The summed E-state index contributed by atoms with van der Waals surface area (Å²) < 4.78 is 0. The smallest absolute Gasteiger partial charge is 0.251 e. The van der Waals surface area contributed by atoms with E-state index in [1.165, 1.54) is 0 Å². The minimum atomic E-state index is 0. The molecule has 0 saturated carbocycles. The number of piperidine rings is 1. The number of carbonyl (C=O) groups is 1. The van der Waals surface area contributed by atoms with Gasteiger partial charge in [0.25, 0.3) is 5.91 Å². The SMILES string of the molecule is Cc1cccc(C(=O)NC2CCNC(C)C2)c1.Cl. The standard InChI is InChI=1S/C14H20N2O.ClH/c1-10-4-3-5-12(8-10)14(17)16-13-6-7-15-11(2)9-13;/h3-5,8,11,13,15H,6-7,9H2,1-2H3,(H,16,17);1H. The molecular weight excluding hydrogens is 248 g/mol. The van der Waals surface area contributed by atoms with Crippen LogP contribution in [-0.2, 0) is 0 Å². The van der Waals surface area contributed by atoms with Crippen molar-refractivity contribution in [3.05, 3.63) is 35.4 Å². The molecule has 100 valence electrons. The number of hydrogen-bond acceptors (Lipinski definition) is 2. The van der Waals surface area contributed by atoms with E-state index in [0.717, 1.165) is 30.5 Å². The molecule has 1 amide bonds. The van der Waals surface area contributed by atoms with Crippen molar-refractivity contribution in [2.45, 2.75) is 38.8 Å². The summed E-state index contributed by atoms with van der Waals surface area (Å²) in [6, 6.07) is 8.52. The number of halogens is 1. The van der Waals surface area contributed by atoms with Gasteiger partial charge in [-0.2, -0.15) is 0 Å². The average molecular weight is 269 g/mol. The topological polar surface area (TPSA) is 41.1 Å². The maximum atomic E-state index is 12.0. The molecule has 1 aliphatic heterocycles. The Bertz CT molecular complexity index is 409. The van der Waals surface area contributed by atoms with E-state index in [4.69, 9.17) is 0 Å². The summed E-state index contributed by atoms with van der Waals surface area (Å²) in [5.41, 5.74) is 1.88. The highest BCUT2D eigenvalue weighted by molar-refractivity contribution is 5.94. The second kappa shape index (κ2) is 6.76. The third-order valence-corrected chi connectivity index (χ3v) is 3.24. The number of carbonyl (C=O) groups excluding carboxylic acids is 1. The van der Waals surface area contributed by atoms with E-state index in [-0.39, 0.29) is 18.3 Å². The average Bonchev–Trinajstić information content (AvgIpc) is 2.29. The third-order valence-electron chi connectivity index (χ3n) is 3.24. The van der Waals surface area contributed by atoms with E-state index in [1.54, 1.807) is 0 Å². The predicted molar refractivity (Wildman–Crippen MR) is 76.4 cm³/mol. The van der Waals surface area contributed by atoms with Crippen molar-refractivity contribution in [2.75, 3.05) is 6.54 Å². The summed E-state index contributed by atoms with van der Waals surface area (Å²) in [5.74, 6) is 0.0489. The van der Waals surface area contributed by atoms with Crippen LogP contribution in [0.3, 0.4) is 0 Å². The van der Waals surface area contributed by atoms with Gasteiger partial charge in [-0.25, -0.2) is 0 Å². The van der Waals surface area contributed by atoms with Crippen molar-refractivity contribution >= 4 is 18.3 Å². The molecule has 2 unspecified atom stereocenters. The van der Waals surface area contributed by atoms with Crippen LogP contribution in [0.4, 0.5) is 0 Å². The molecule has 0 aliphatic carbocycles. The van der Waals surface area contributed by atoms with Gasteiger partial charge in [0.2, 0.25) is 0 Å². The molecule has 2 N–H and O–H groups in total. The van der Waals surface area contributed by atoms with Gasteiger partial charge in [-0.1, -0.05) is 17.7 Å². The minimum Gasteiger partial charge on any atom is -0.349 e. The molecule has 4 heteroatoms. The van der Waals surface area contributed by atoms with Crippen molar-refractivity contribution in [2.24, 2.45) is 0 Å². The van der Waals surface area contributed by atoms with Crippen molar-refractivity contribution in [3.63, 3.8) is 0 Å².